The minimum Gasteiger partial charge on any atom is -0.424 e. The van der Waals surface area contributed by atoms with Crippen LogP contribution in [0.1, 0.15) is 18.2 Å². The van der Waals surface area contributed by atoms with E-state index in [1.165, 1.54) is 29.8 Å². The van der Waals surface area contributed by atoms with E-state index in [2.05, 4.69) is 20.4 Å². The van der Waals surface area contributed by atoms with Crippen LogP contribution in [0, 0.1) is 5.92 Å². The van der Waals surface area contributed by atoms with Gasteiger partial charge in [0.05, 0.1) is 17.3 Å². The van der Waals surface area contributed by atoms with Crippen LogP contribution in [0.15, 0.2) is 52.1 Å². The third kappa shape index (κ3) is 6.08. The number of nitrogens with one attached hydrogen (secondary N) is 2. The van der Waals surface area contributed by atoms with E-state index in [-0.39, 0.29) is 44.1 Å². The highest BCUT2D eigenvalue weighted by Crippen LogP contribution is 2.34. The van der Waals surface area contributed by atoms with E-state index in [1.807, 2.05) is 4.90 Å². The van der Waals surface area contributed by atoms with Gasteiger partial charge in [-0.2, -0.15) is 18.2 Å². The number of fused-ring (bicyclic) bond motifs is 2. The van der Waals surface area contributed by atoms with Gasteiger partial charge in [0.25, 0.3) is 17.7 Å². The van der Waals surface area contributed by atoms with Crippen LogP contribution in [-0.4, -0.2) is 62.4 Å². The molecular weight excluding hydrogens is 690 g/mol. The fraction of sp³-hybridized carbons (Fsp3) is 0.345. The lowest BCUT2D eigenvalue weighted by Crippen LogP contribution is -2.48. The number of alkyl halides is 3. The first-order valence-electron chi connectivity index (χ1n) is 14.2. The van der Waals surface area contributed by atoms with Gasteiger partial charge in [-0.1, -0.05) is 53.0 Å². The van der Waals surface area contributed by atoms with Crippen LogP contribution in [0.5, 0.6) is 0 Å². The number of rotatable bonds is 7. The molecule has 0 aliphatic carbocycles. The molecule has 3 atom stereocenters. The predicted molar refractivity (Wildman–Crippen MR) is 168 cm³/mol. The lowest BCUT2D eigenvalue weighted by Gasteiger charge is -2.25. The zero-order valence-corrected chi connectivity index (χ0v) is 26.6. The van der Waals surface area contributed by atoms with Gasteiger partial charge >= 0.3 is 17.8 Å². The second kappa shape index (κ2) is 12.5. The first-order valence-corrected chi connectivity index (χ1v) is 15.4. The Bertz CT molecular complexity index is 2030. The minimum absolute atomic E-state index is 0.0199. The van der Waals surface area contributed by atoms with Gasteiger partial charge < -0.3 is 20.3 Å². The average molecular weight is 715 g/mol. The summed E-state index contributed by atoms with van der Waals surface area (Å²) >= 11 is 18.5. The van der Waals surface area contributed by atoms with Crippen LogP contribution in [0.3, 0.4) is 0 Å². The van der Waals surface area contributed by atoms with Crippen molar-refractivity contribution in [2.45, 2.75) is 31.4 Å². The molecule has 4 aromatic rings. The number of ether oxygens (including phenoxy) is 1. The number of amides is 1. The zero-order valence-electron chi connectivity index (χ0n) is 24.4. The Balaban J connectivity index is 1.56. The zero-order chi connectivity index (χ0) is 33.8. The molecule has 2 saturated heterocycles. The number of aromatic nitrogens is 4. The van der Waals surface area contributed by atoms with E-state index in [4.69, 9.17) is 34.8 Å². The lowest BCUT2D eigenvalue weighted by atomic mass is 10.1. The molecule has 2 N–H and O–H groups in total. The monoisotopic (exact) mass is 713 g/mol. The highest BCUT2D eigenvalue weighted by Gasteiger charge is 2.45. The summed E-state index contributed by atoms with van der Waals surface area (Å²) in [6.45, 7) is 1.99. The first-order chi connectivity index (χ1) is 22.3. The summed E-state index contributed by atoms with van der Waals surface area (Å²) in [6, 6.07) is 10.6. The molecule has 1 amide bonds. The van der Waals surface area contributed by atoms with Crippen LogP contribution < -0.4 is 26.8 Å². The number of benzene rings is 2. The van der Waals surface area contributed by atoms with Crippen LogP contribution in [0.2, 0.25) is 15.1 Å². The number of carbonyl (C=O) groups is 2. The Morgan fingerprint density at radius 3 is 2.55 bits per heavy atom. The Morgan fingerprint density at radius 2 is 1.85 bits per heavy atom. The maximum atomic E-state index is 14.3. The molecule has 2 aromatic carbocycles. The highest BCUT2D eigenvalue weighted by molar-refractivity contribution is 6.36. The van der Waals surface area contributed by atoms with Gasteiger partial charge in [0.1, 0.15) is 0 Å². The van der Waals surface area contributed by atoms with Crippen molar-refractivity contribution in [1.29, 1.82) is 0 Å². The Labute approximate surface area is 278 Å². The van der Waals surface area contributed by atoms with Crippen LogP contribution in [-0.2, 0) is 27.9 Å². The van der Waals surface area contributed by atoms with Gasteiger partial charge in [-0.25, -0.2) is 14.2 Å². The van der Waals surface area contributed by atoms with Gasteiger partial charge in [0, 0.05) is 42.8 Å². The molecule has 0 radical (unpaired) electrons. The summed E-state index contributed by atoms with van der Waals surface area (Å²) in [5.41, 5.74) is -2.40. The van der Waals surface area contributed by atoms with Crippen molar-refractivity contribution >= 4 is 69.5 Å². The first kappa shape index (κ1) is 32.9. The number of carbonyl (C=O) groups excluding carboxylic acids is 2. The molecule has 248 valence electrons. The number of imidazole rings is 1. The van der Waals surface area contributed by atoms with Crippen molar-refractivity contribution in [3.63, 3.8) is 0 Å². The smallest absolute Gasteiger partial charge is 0.424 e. The number of anilines is 2. The summed E-state index contributed by atoms with van der Waals surface area (Å²) in [5, 5.41) is 5.99. The van der Waals surface area contributed by atoms with Crippen molar-refractivity contribution in [3.8, 4) is 0 Å². The number of aryl methyl sites for hydroxylation is 1. The number of esters is 1. The van der Waals surface area contributed by atoms with Crippen molar-refractivity contribution < 1.29 is 27.5 Å². The molecule has 2 aliphatic heterocycles. The third-order valence-electron chi connectivity index (χ3n) is 8.25. The van der Waals surface area contributed by atoms with E-state index in [0.29, 0.717) is 35.5 Å². The van der Waals surface area contributed by atoms with E-state index in [9.17, 15) is 32.3 Å². The highest BCUT2D eigenvalue weighted by atomic mass is 35.5. The fourth-order valence-electron chi connectivity index (χ4n) is 5.97. The normalized spacial score (nSPS) is 18.4. The van der Waals surface area contributed by atoms with E-state index < -0.39 is 35.5 Å². The quantitative estimate of drug-likeness (QED) is 0.275. The number of nitrogens with zero attached hydrogens (tertiary/aromatic N) is 5. The fourth-order valence-corrected chi connectivity index (χ4v) is 6.63. The molecule has 18 heteroatoms. The van der Waals surface area contributed by atoms with Gasteiger partial charge in [-0.15, -0.1) is 0 Å². The van der Waals surface area contributed by atoms with E-state index in [0.717, 1.165) is 17.5 Å². The van der Waals surface area contributed by atoms with E-state index in [1.54, 1.807) is 24.3 Å². The molecule has 6 rings (SSSR count). The maximum Gasteiger partial charge on any atom is 0.491 e. The summed E-state index contributed by atoms with van der Waals surface area (Å²) in [4.78, 5) is 60.3. The summed E-state index contributed by atoms with van der Waals surface area (Å²) < 4.78 is 47.4. The molecule has 4 heterocycles. The number of halogens is 6. The van der Waals surface area contributed by atoms with Crippen LogP contribution in [0.25, 0.3) is 11.2 Å². The molecule has 47 heavy (non-hydrogen) atoms. The maximum absolute atomic E-state index is 14.3. The molecular formula is C29H25Cl3F3N7O5. The standard InChI is InChI=1S/C29H25Cl3F3N7O5/c1-39-22-21(41(13-15-4-2-3-5-17(15)31)27(38-22)40-9-8-14-11-36-12-20(14)40)24(44)42(28(39)46)25(47-26(45)29(33,34)35)23(43)37-19-7-6-16(30)10-18(19)32/h2-7,10,14,20,25,36H,8-9,11-13H2,1H3,(H,37,43). The van der Waals surface area contributed by atoms with Crippen LogP contribution >= 0.6 is 34.8 Å². The predicted octanol–water partition coefficient (Wildman–Crippen LogP) is 3.95. The third-order valence-corrected chi connectivity index (χ3v) is 9.16. The largest absolute Gasteiger partial charge is 0.491 e. The van der Waals surface area contributed by atoms with E-state index >= 15 is 0 Å². The average Bonchev–Trinajstić information content (AvgIpc) is 3.73. The summed E-state index contributed by atoms with van der Waals surface area (Å²) in [7, 11) is 1.23. The lowest BCUT2D eigenvalue weighted by molar-refractivity contribution is -0.209. The SMILES string of the molecule is Cn1c(=O)n(C(OC(=O)C(F)(F)F)C(=O)Nc2ccc(Cl)cc2Cl)c(=O)c2c1nc(N1CCC3CNCC31)n2Cc1ccccc1Cl. The van der Waals surface area contributed by atoms with Crippen molar-refractivity contribution in [1.82, 2.24) is 24.0 Å². The summed E-state index contributed by atoms with van der Waals surface area (Å²) in [6.07, 6.45) is -7.46. The molecule has 0 spiro atoms. The molecule has 2 aromatic heterocycles. The summed E-state index contributed by atoms with van der Waals surface area (Å²) in [5.74, 6) is -3.65. The van der Waals surface area contributed by atoms with Crippen molar-refractivity contribution in [3.05, 3.63) is 83.9 Å². The van der Waals surface area contributed by atoms with Gasteiger partial charge in [0.15, 0.2) is 11.2 Å². The molecule has 2 aliphatic rings. The number of hydrogen-bond acceptors (Lipinski definition) is 8. The van der Waals surface area contributed by atoms with Crippen molar-refractivity contribution in [2.24, 2.45) is 13.0 Å². The molecule has 0 saturated carbocycles. The second-order valence-corrected chi connectivity index (χ2v) is 12.4. The molecule has 3 unspecified atom stereocenters. The Kier molecular flexibility index (Phi) is 8.76. The topological polar surface area (TPSA) is 132 Å². The Hall–Kier alpha value is -4.05. The second-order valence-electron chi connectivity index (χ2n) is 11.1. The van der Waals surface area contributed by atoms with Crippen molar-refractivity contribution in [2.75, 3.05) is 29.9 Å². The van der Waals surface area contributed by atoms with Crippen LogP contribution in [0.4, 0.5) is 24.8 Å². The van der Waals surface area contributed by atoms with Gasteiger partial charge in [0.2, 0.25) is 5.95 Å². The van der Waals surface area contributed by atoms with Gasteiger partial charge in [-0.3, -0.25) is 18.7 Å². The minimum atomic E-state index is -5.57. The van der Waals surface area contributed by atoms with Gasteiger partial charge in [-0.05, 0) is 42.2 Å². The molecule has 0 bridgehead atoms. The Morgan fingerprint density at radius 1 is 1.11 bits per heavy atom. The molecule has 2 fully saturated rings. The number of hydrogen-bond donors (Lipinski definition) is 2. The molecule has 12 nitrogen and oxygen atoms in total.